The molecule has 0 radical (unpaired) electrons. The molecule has 0 spiro atoms. The Morgan fingerprint density at radius 3 is 2.75 bits per heavy atom. The molecule has 1 heterocycles. The molecule has 0 aliphatic heterocycles. The van der Waals surface area contributed by atoms with Crippen LogP contribution in [-0.2, 0) is 27.9 Å². The van der Waals surface area contributed by atoms with Crippen LogP contribution in [0.25, 0.3) is 0 Å². The standard InChI is InChI=1S/C10H15N3O3/c1-4-16-10(15)9(14)13(3)7-8-11-5-6-12(8)2/h5-6H,4,7H2,1-3H3. The Labute approximate surface area is 93.8 Å². The van der Waals surface area contributed by atoms with E-state index in [0.717, 1.165) is 0 Å². The molecule has 0 bridgehead atoms. The fourth-order valence-electron chi connectivity index (χ4n) is 1.18. The van der Waals surface area contributed by atoms with Crippen molar-refractivity contribution in [2.24, 2.45) is 7.05 Å². The van der Waals surface area contributed by atoms with E-state index in [1.165, 1.54) is 11.9 Å². The van der Waals surface area contributed by atoms with Crippen LogP contribution in [0.2, 0.25) is 0 Å². The largest absolute Gasteiger partial charge is 0.459 e. The lowest BCUT2D eigenvalue weighted by atomic mass is 10.4. The highest BCUT2D eigenvalue weighted by molar-refractivity contribution is 6.32. The van der Waals surface area contributed by atoms with E-state index in [1.54, 1.807) is 23.9 Å². The highest BCUT2D eigenvalue weighted by Gasteiger charge is 2.20. The van der Waals surface area contributed by atoms with Crippen molar-refractivity contribution in [1.82, 2.24) is 14.5 Å². The van der Waals surface area contributed by atoms with Gasteiger partial charge in [-0.25, -0.2) is 9.78 Å². The van der Waals surface area contributed by atoms with Crippen molar-refractivity contribution in [2.45, 2.75) is 13.5 Å². The number of amides is 1. The number of likely N-dealkylation sites (N-methyl/N-ethyl adjacent to an activating group) is 1. The lowest BCUT2D eigenvalue weighted by molar-refractivity contribution is -0.159. The molecule has 0 atom stereocenters. The molecule has 0 aromatic carbocycles. The first kappa shape index (κ1) is 12.2. The molecule has 0 fully saturated rings. The van der Waals surface area contributed by atoms with E-state index in [1.807, 2.05) is 7.05 Å². The van der Waals surface area contributed by atoms with Gasteiger partial charge in [0.2, 0.25) is 0 Å². The van der Waals surface area contributed by atoms with Crippen molar-refractivity contribution in [3.63, 3.8) is 0 Å². The van der Waals surface area contributed by atoms with E-state index in [-0.39, 0.29) is 13.2 Å². The van der Waals surface area contributed by atoms with E-state index < -0.39 is 11.9 Å². The average molecular weight is 225 g/mol. The molecule has 0 N–H and O–H groups in total. The minimum absolute atomic E-state index is 0.195. The first-order valence-electron chi connectivity index (χ1n) is 4.94. The van der Waals surface area contributed by atoms with Crippen LogP contribution in [0.4, 0.5) is 0 Å². The summed E-state index contributed by atoms with van der Waals surface area (Å²) in [5.74, 6) is -0.788. The predicted octanol–water partition coefficient (Wildman–Crippen LogP) is -0.0584. The number of carbonyl (C=O) groups excluding carboxylic acids is 2. The maximum Gasteiger partial charge on any atom is 0.397 e. The number of hydrogen-bond donors (Lipinski definition) is 0. The van der Waals surface area contributed by atoms with Gasteiger partial charge < -0.3 is 14.2 Å². The number of carbonyl (C=O) groups is 2. The molecule has 1 amide bonds. The third-order valence-corrected chi connectivity index (χ3v) is 2.10. The second kappa shape index (κ2) is 5.29. The summed E-state index contributed by atoms with van der Waals surface area (Å²) in [6.07, 6.45) is 3.41. The molecule has 1 rings (SSSR count). The van der Waals surface area contributed by atoms with Gasteiger partial charge in [-0.2, -0.15) is 0 Å². The Kier molecular flexibility index (Phi) is 4.04. The van der Waals surface area contributed by atoms with Gasteiger partial charge in [0, 0.05) is 26.5 Å². The topological polar surface area (TPSA) is 64.4 Å². The van der Waals surface area contributed by atoms with Gasteiger partial charge in [-0.15, -0.1) is 0 Å². The molecule has 6 heteroatoms. The minimum atomic E-state index is -0.834. The summed E-state index contributed by atoms with van der Waals surface area (Å²) in [5.41, 5.74) is 0. The van der Waals surface area contributed by atoms with Crippen molar-refractivity contribution in [2.75, 3.05) is 13.7 Å². The smallest absolute Gasteiger partial charge is 0.397 e. The second-order valence-electron chi connectivity index (χ2n) is 3.34. The lowest BCUT2D eigenvalue weighted by Gasteiger charge is -2.15. The molecule has 0 unspecified atom stereocenters. The first-order valence-corrected chi connectivity index (χ1v) is 4.94. The van der Waals surface area contributed by atoms with E-state index in [0.29, 0.717) is 5.82 Å². The molecule has 0 aliphatic rings. The SMILES string of the molecule is CCOC(=O)C(=O)N(C)Cc1nccn1C. The number of esters is 1. The molecule has 0 aliphatic carbocycles. The molecule has 0 saturated heterocycles. The molecule has 88 valence electrons. The van der Waals surface area contributed by atoms with Crippen LogP contribution in [0, 0.1) is 0 Å². The van der Waals surface area contributed by atoms with E-state index in [4.69, 9.17) is 0 Å². The van der Waals surface area contributed by atoms with Crippen LogP contribution < -0.4 is 0 Å². The van der Waals surface area contributed by atoms with Gasteiger partial charge in [-0.1, -0.05) is 0 Å². The molecule has 1 aromatic heterocycles. The fourth-order valence-corrected chi connectivity index (χ4v) is 1.18. The summed E-state index contributed by atoms with van der Waals surface area (Å²) in [6.45, 7) is 2.13. The van der Waals surface area contributed by atoms with Crippen molar-refractivity contribution < 1.29 is 14.3 Å². The number of aryl methyl sites for hydroxylation is 1. The molecular formula is C10H15N3O3. The number of rotatable bonds is 3. The van der Waals surface area contributed by atoms with Crippen LogP contribution in [0.15, 0.2) is 12.4 Å². The first-order chi connectivity index (χ1) is 7.56. The van der Waals surface area contributed by atoms with Gasteiger partial charge >= 0.3 is 11.9 Å². The van der Waals surface area contributed by atoms with Crippen LogP contribution in [0.5, 0.6) is 0 Å². The molecule has 16 heavy (non-hydrogen) atoms. The maximum atomic E-state index is 11.5. The van der Waals surface area contributed by atoms with Crippen LogP contribution in [0.3, 0.4) is 0 Å². The fraction of sp³-hybridized carbons (Fsp3) is 0.500. The van der Waals surface area contributed by atoms with Crippen molar-refractivity contribution in [3.05, 3.63) is 18.2 Å². The van der Waals surface area contributed by atoms with Crippen molar-refractivity contribution >= 4 is 11.9 Å². The summed E-state index contributed by atoms with van der Waals surface area (Å²) < 4.78 is 6.40. The monoisotopic (exact) mass is 225 g/mol. The Bertz CT molecular complexity index is 386. The Hall–Kier alpha value is -1.85. The van der Waals surface area contributed by atoms with Crippen molar-refractivity contribution in [3.8, 4) is 0 Å². The van der Waals surface area contributed by atoms with E-state index in [9.17, 15) is 9.59 Å². The van der Waals surface area contributed by atoms with Gasteiger partial charge in [-0.05, 0) is 6.92 Å². The number of ether oxygens (including phenoxy) is 1. The lowest BCUT2D eigenvalue weighted by Crippen LogP contribution is -2.34. The van der Waals surface area contributed by atoms with Crippen LogP contribution in [0.1, 0.15) is 12.7 Å². The zero-order chi connectivity index (χ0) is 12.1. The number of imidazole rings is 1. The Balaban J connectivity index is 2.59. The van der Waals surface area contributed by atoms with Crippen LogP contribution in [-0.4, -0.2) is 40.0 Å². The quantitative estimate of drug-likeness (QED) is 0.534. The summed E-state index contributed by atoms with van der Waals surface area (Å²) in [5, 5.41) is 0. The molecular weight excluding hydrogens is 210 g/mol. The average Bonchev–Trinajstić information content (AvgIpc) is 2.63. The molecule has 1 aromatic rings. The number of hydrogen-bond acceptors (Lipinski definition) is 4. The maximum absolute atomic E-state index is 11.5. The van der Waals surface area contributed by atoms with E-state index in [2.05, 4.69) is 9.72 Å². The Morgan fingerprint density at radius 1 is 1.56 bits per heavy atom. The third-order valence-electron chi connectivity index (χ3n) is 2.10. The summed E-state index contributed by atoms with van der Waals surface area (Å²) in [7, 11) is 3.36. The van der Waals surface area contributed by atoms with Gasteiger partial charge in [-0.3, -0.25) is 4.79 Å². The number of nitrogens with zero attached hydrogens (tertiary/aromatic N) is 3. The van der Waals surface area contributed by atoms with Crippen molar-refractivity contribution in [1.29, 1.82) is 0 Å². The minimum Gasteiger partial charge on any atom is -0.459 e. The molecule has 6 nitrogen and oxygen atoms in total. The summed E-state index contributed by atoms with van der Waals surface area (Å²) in [6, 6.07) is 0. The third kappa shape index (κ3) is 2.82. The summed E-state index contributed by atoms with van der Waals surface area (Å²) in [4.78, 5) is 28.0. The van der Waals surface area contributed by atoms with Gasteiger partial charge in [0.05, 0.1) is 13.2 Å². The highest BCUT2D eigenvalue weighted by atomic mass is 16.5. The Morgan fingerprint density at radius 2 is 2.25 bits per heavy atom. The van der Waals surface area contributed by atoms with Gasteiger partial charge in [0.1, 0.15) is 5.82 Å². The second-order valence-corrected chi connectivity index (χ2v) is 3.34. The zero-order valence-electron chi connectivity index (χ0n) is 9.64. The van der Waals surface area contributed by atoms with Crippen LogP contribution >= 0.6 is 0 Å². The normalized spacial score (nSPS) is 9.94. The molecule has 0 saturated carbocycles. The van der Waals surface area contributed by atoms with E-state index >= 15 is 0 Å². The zero-order valence-corrected chi connectivity index (χ0v) is 9.64. The predicted molar refractivity (Wildman–Crippen MR) is 56.3 cm³/mol. The highest BCUT2D eigenvalue weighted by Crippen LogP contribution is 2.00. The number of aromatic nitrogens is 2. The summed E-state index contributed by atoms with van der Waals surface area (Å²) >= 11 is 0. The van der Waals surface area contributed by atoms with Gasteiger partial charge in [0.15, 0.2) is 0 Å². The van der Waals surface area contributed by atoms with Gasteiger partial charge in [0.25, 0.3) is 0 Å².